The summed E-state index contributed by atoms with van der Waals surface area (Å²) in [5.74, 6) is 0. The maximum absolute atomic E-state index is 2.27. The molecule has 0 radical (unpaired) electrons. The van der Waals surface area contributed by atoms with Gasteiger partial charge < -0.3 is 0 Å². The molecule has 0 spiro atoms. The number of rotatable bonds is 2. The van der Waals surface area contributed by atoms with Crippen LogP contribution in [-0.2, 0) is 12.8 Å². The predicted octanol–water partition coefficient (Wildman–Crippen LogP) is 4.52. The Labute approximate surface area is 168 Å². The summed E-state index contributed by atoms with van der Waals surface area (Å²) in [6.45, 7) is 0. The first-order chi connectivity index (χ1) is 13.4. The van der Waals surface area contributed by atoms with Gasteiger partial charge in [-0.15, -0.1) is 0 Å². The van der Waals surface area contributed by atoms with E-state index in [1.54, 1.807) is 8.92 Å². The van der Waals surface area contributed by atoms with Gasteiger partial charge in [0.25, 0.3) is 0 Å². The van der Waals surface area contributed by atoms with Gasteiger partial charge in [0.15, 0.2) is 0 Å². The van der Waals surface area contributed by atoms with Crippen LogP contribution in [0.4, 0.5) is 0 Å². The molecule has 1 aliphatic rings. The van der Waals surface area contributed by atoms with Crippen molar-refractivity contribution < 1.29 is 0 Å². The molecule has 5 rings (SSSR count). The Bertz CT molecular complexity index is 866. The van der Waals surface area contributed by atoms with Gasteiger partial charge in [0.2, 0.25) is 0 Å². The molecule has 0 saturated carbocycles. The van der Waals surface area contributed by atoms with Crippen LogP contribution >= 0.6 is 0 Å². The molecule has 1 aliphatic heterocycles. The molecule has 0 unspecified atom stereocenters. The molecule has 0 fully saturated rings. The first-order valence-corrected chi connectivity index (χ1v) is 11.0. The van der Waals surface area contributed by atoms with E-state index in [1.165, 1.54) is 22.3 Å². The van der Waals surface area contributed by atoms with Crippen LogP contribution in [0.5, 0.6) is 0 Å². The summed E-state index contributed by atoms with van der Waals surface area (Å²) >= 11 is 0.519. The summed E-state index contributed by atoms with van der Waals surface area (Å²) < 4.78 is 3.11. The van der Waals surface area contributed by atoms with Gasteiger partial charge in [0.05, 0.1) is 0 Å². The Morgan fingerprint density at radius 3 is 1.37 bits per heavy atom. The molecule has 0 nitrogen and oxygen atoms in total. The molecule has 1 heterocycles. The molecule has 27 heavy (non-hydrogen) atoms. The molecule has 0 atom stereocenters. The van der Waals surface area contributed by atoms with E-state index >= 15 is 0 Å². The fraction of sp³-hybridized carbons (Fsp3) is 0.0769. The Morgan fingerprint density at radius 2 is 0.889 bits per heavy atom. The molecule has 0 bridgehead atoms. The zero-order valence-electron chi connectivity index (χ0n) is 15.2. The second-order valence-corrected chi connectivity index (χ2v) is 8.92. The van der Waals surface area contributed by atoms with E-state index in [4.69, 9.17) is 0 Å². The van der Waals surface area contributed by atoms with Crippen LogP contribution in [-0.4, -0.2) is 15.0 Å². The van der Waals surface area contributed by atoms with Crippen molar-refractivity contribution in [2.24, 2.45) is 0 Å². The monoisotopic (exact) mass is 414 g/mol. The zero-order chi connectivity index (χ0) is 18.3. The van der Waals surface area contributed by atoms with Gasteiger partial charge in [-0.1, -0.05) is 60.7 Å². The van der Waals surface area contributed by atoms with Gasteiger partial charge >= 0.3 is 90.0 Å². The molecule has 4 aromatic rings. The second kappa shape index (κ2) is 8.86. The van der Waals surface area contributed by atoms with Gasteiger partial charge in [0, 0.05) is 0 Å². The first kappa shape index (κ1) is 17.8. The Morgan fingerprint density at radius 1 is 0.481 bits per heavy atom. The van der Waals surface area contributed by atoms with E-state index in [0.717, 1.165) is 12.8 Å². The summed E-state index contributed by atoms with van der Waals surface area (Å²) in [4.78, 5) is 0. The number of fused-ring (bicyclic) bond motifs is 2. The van der Waals surface area contributed by atoms with Crippen molar-refractivity contribution in [1.82, 2.24) is 0 Å². The van der Waals surface area contributed by atoms with E-state index in [0.29, 0.717) is 15.0 Å². The topological polar surface area (TPSA) is 0 Å². The third-order valence-electron chi connectivity index (χ3n) is 4.64. The first-order valence-electron chi connectivity index (χ1n) is 9.30. The molecular weight excluding hydrogens is 391 g/mol. The van der Waals surface area contributed by atoms with E-state index in [2.05, 4.69) is 109 Å². The molecule has 0 aliphatic carbocycles. The average Bonchev–Trinajstić information content (AvgIpc) is 2.74. The van der Waals surface area contributed by atoms with Crippen LogP contribution in [0, 0.1) is 0 Å². The molecule has 0 amide bonds. The summed E-state index contributed by atoms with van der Waals surface area (Å²) in [6, 6.07) is 38.7. The van der Waals surface area contributed by atoms with Crippen LogP contribution in [0.3, 0.4) is 0 Å². The van der Waals surface area contributed by atoms with Gasteiger partial charge in [-0.05, 0) is 17.5 Å². The fourth-order valence-corrected chi connectivity index (χ4v) is 5.50. The van der Waals surface area contributed by atoms with Gasteiger partial charge in [-0.2, -0.15) is 0 Å². The van der Waals surface area contributed by atoms with Crippen molar-refractivity contribution in [3.05, 3.63) is 131 Å². The van der Waals surface area contributed by atoms with Crippen molar-refractivity contribution in [1.29, 1.82) is 0 Å². The maximum atomic E-state index is 2.27. The van der Waals surface area contributed by atoms with Crippen LogP contribution in [0.1, 0.15) is 22.3 Å². The molecule has 0 saturated heterocycles. The fourth-order valence-electron chi connectivity index (χ4n) is 3.25. The third kappa shape index (κ3) is 4.77. The summed E-state index contributed by atoms with van der Waals surface area (Å²) in [6.07, 6.45) is 2.15. The molecule has 1 heteroatoms. The van der Waals surface area contributed by atoms with Crippen LogP contribution in [0.25, 0.3) is 0 Å². The number of hydrogen-bond acceptors (Lipinski definition) is 0. The summed E-state index contributed by atoms with van der Waals surface area (Å²) in [5.41, 5.74) is 5.78. The summed E-state index contributed by atoms with van der Waals surface area (Å²) in [5, 5.41) is 0. The molecule has 0 N–H and O–H groups in total. The summed E-state index contributed by atoms with van der Waals surface area (Å²) in [7, 11) is 0. The van der Waals surface area contributed by atoms with Gasteiger partial charge in [-0.3, -0.25) is 0 Å². The standard InChI is InChI=1S/C13H10Se.C13H12/c1-3-7-12-10(5-1)9-11-6-2-4-8-13(11)14-12;1-3-7-12(8-4-1)11-13-9-5-2-6-10-13/h1-8H,9H2;1-10H,11H2. The Kier molecular flexibility index (Phi) is 5.84. The molecular formula is C26H22Se. The third-order valence-corrected chi connectivity index (χ3v) is 7.23. The van der Waals surface area contributed by atoms with E-state index in [1.807, 2.05) is 0 Å². The number of benzene rings is 4. The van der Waals surface area contributed by atoms with Crippen molar-refractivity contribution in [2.75, 3.05) is 0 Å². The molecule has 132 valence electrons. The van der Waals surface area contributed by atoms with E-state index in [-0.39, 0.29) is 0 Å². The zero-order valence-corrected chi connectivity index (χ0v) is 16.9. The molecule has 4 aromatic carbocycles. The SMILES string of the molecule is c1ccc(Cc2ccccc2)cc1.c1ccc2c(c1)Cc1ccccc1[Se]2. The van der Waals surface area contributed by atoms with Crippen molar-refractivity contribution in [2.45, 2.75) is 12.8 Å². The Hall–Kier alpha value is -2.60. The Balaban J connectivity index is 0.000000134. The predicted molar refractivity (Wildman–Crippen MR) is 116 cm³/mol. The van der Waals surface area contributed by atoms with Crippen LogP contribution in [0.2, 0.25) is 0 Å². The van der Waals surface area contributed by atoms with Crippen molar-refractivity contribution in [3.63, 3.8) is 0 Å². The normalized spacial score (nSPS) is 11.6. The van der Waals surface area contributed by atoms with E-state index < -0.39 is 0 Å². The molecule has 0 aromatic heterocycles. The second-order valence-electron chi connectivity index (χ2n) is 6.64. The minimum absolute atomic E-state index is 0.519. The van der Waals surface area contributed by atoms with Crippen LogP contribution in [0.15, 0.2) is 109 Å². The van der Waals surface area contributed by atoms with Gasteiger partial charge in [-0.25, -0.2) is 0 Å². The van der Waals surface area contributed by atoms with Crippen molar-refractivity contribution in [3.8, 4) is 0 Å². The van der Waals surface area contributed by atoms with Crippen molar-refractivity contribution >= 4 is 23.9 Å². The van der Waals surface area contributed by atoms with E-state index in [9.17, 15) is 0 Å². The van der Waals surface area contributed by atoms with Gasteiger partial charge in [0.1, 0.15) is 0 Å². The van der Waals surface area contributed by atoms with Crippen LogP contribution < -0.4 is 8.92 Å². The average molecular weight is 413 g/mol. The number of hydrogen-bond donors (Lipinski definition) is 0. The quantitative estimate of drug-likeness (QED) is 0.373. The minimum atomic E-state index is 0.519.